The van der Waals surface area contributed by atoms with Crippen LogP contribution in [0, 0.1) is 0 Å². The predicted molar refractivity (Wildman–Crippen MR) is 109 cm³/mol. The molecule has 1 aliphatic heterocycles. The van der Waals surface area contributed by atoms with Crippen molar-refractivity contribution in [3.63, 3.8) is 0 Å². The topological polar surface area (TPSA) is 42.9 Å². The fourth-order valence-electron chi connectivity index (χ4n) is 3.10. The second-order valence-corrected chi connectivity index (χ2v) is 6.93. The van der Waals surface area contributed by atoms with Gasteiger partial charge in [0.1, 0.15) is 0 Å². The molecular weight excluding hydrogens is 310 g/mol. The summed E-state index contributed by atoms with van der Waals surface area (Å²) >= 11 is 0. The SMILES string of the molecule is CCNC(=NCCCCN1CCN(c2ccccc2)CC1)NC(C)C. The smallest absolute Gasteiger partial charge is 0.191 e. The minimum absolute atomic E-state index is 0.415. The third-order valence-electron chi connectivity index (χ3n) is 4.42. The van der Waals surface area contributed by atoms with E-state index in [1.807, 2.05) is 0 Å². The second-order valence-electron chi connectivity index (χ2n) is 6.93. The van der Waals surface area contributed by atoms with Crippen molar-refractivity contribution in [2.24, 2.45) is 4.99 Å². The van der Waals surface area contributed by atoms with E-state index in [1.54, 1.807) is 0 Å². The first-order valence-electron chi connectivity index (χ1n) is 9.76. The number of para-hydroxylation sites is 1. The molecule has 0 saturated carbocycles. The summed E-state index contributed by atoms with van der Waals surface area (Å²) in [6, 6.07) is 11.2. The number of nitrogens with zero attached hydrogens (tertiary/aromatic N) is 3. The van der Waals surface area contributed by atoms with Crippen molar-refractivity contribution < 1.29 is 0 Å². The molecule has 25 heavy (non-hydrogen) atoms. The molecule has 140 valence electrons. The Hall–Kier alpha value is -1.75. The minimum Gasteiger partial charge on any atom is -0.369 e. The molecule has 0 amide bonds. The number of hydrogen-bond acceptors (Lipinski definition) is 3. The van der Waals surface area contributed by atoms with E-state index in [0.29, 0.717) is 6.04 Å². The minimum atomic E-state index is 0.415. The van der Waals surface area contributed by atoms with Crippen molar-refractivity contribution in [1.29, 1.82) is 0 Å². The fourth-order valence-corrected chi connectivity index (χ4v) is 3.10. The summed E-state index contributed by atoms with van der Waals surface area (Å²) in [4.78, 5) is 9.73. The van der Waals surface area contributed by atoms with Crippen LogP contribution in [0.1, 0.15) is 33.6 Å². The Morgan fingerprint density at radius 2 is 1.80 bits per heavy atom. The largest absolute Gasteiger partial charge is 0.369 e. The molecule has 1 saturated heterocycles. The van der Waals surface area contributed by atoms with Crippen LogP contribution in [0.4, 0.5) is 5.69 Å². The molecule has 1 aromatic rings. The van der Waals surface area contributed by atoms with E-state index in [1.165, 1.54) is 18.7 Å². The van der Waals surface area contributed by atoms with Gasteiger partial charge in [-0.1, -0.05) is 18.2 Å². The van der Waals surface area contributed by atoms with Crippen molar-refractivity contribution in [3.05, 3.63) is 30.3 Å². The molecule has 0 bridgehead atoms. The van der Waals surface area contributed by atoms with E-state index >= 15 is 0 Å². The van der Waals surface area contributed by atoms with Crippen molar-refractivity contribution in [1.82, 2.24) is 15.5 Å². The molecule has 1 fully saturated rings. The highest BCUT2D eigenvalue weighted by molar-refractivity contribution is 5.79. The summed E-state index contributed by atoms with van der Waals surface area (Å²) in [7, 11) is 0. The zero-order valence-corrected chi connectivity index (χ0v) is 16.2. The van der Waals surface area contributed by atoms with Gasteiger partial charge in [-0.3, -0.25) is 9.89 Å². The molecular formula is C20H35N5. The molecule has 5 heteroatoms. The molecule has 2 N–H and O–H groups in total. The third kappa shape index (κ3) is 7.34. The van der Waals surface area contributed by atoms with E-state index in [0.717, 1.165) is 51.6 Å². The van der Waals surface area contributed by atoms with Crippen LogP contribution in [-0.4, -0.2) is 62.7 Å². The number of unbranched alkanes of at least 4 members (excludes halogenated alkanes) is 1. The zero-order chi connectivity index (χ0) is 17.9. The lowest BCUT2D eigenvalue weighted by Crippen LogP contribution is -2.46. The first-order valence-corrected chi connectivity index (χ1v) is 9.76. The van der Waals surface area contributed by atoms with Gasteiger partial charge in [0.05, 0.1) is 0 Å². The van der Waals surface area contributed by atoms with Crippen LogP contribution < -0.4 is 15.5 Å². The standard InChI is InChI=1S/C20H35N5/c1-4-21-20(23-18(2)3)22-12-8-9-13-24-14-16-25(17-15-24)19-10-6-5-7-11-19/h5-7,10-11,18H,4,8-9,12-17H2,1-3H3,(H2,21,22,23). The maximum atomic E-state index is 4.66. The summed E-state index contributed by atoms with van der Waals surface area (Å²) in [6.45, 7) is 14.0. The van der Waals surface area contributed by atoms with Gasteiger partial charge in [0, 0.05) is 51.0 Å². The number of piperazine rings is 1. The molecule has 1 aliphatic rings. The Bertz CT molecular complexity index is 492. The number of hydrogen-bond donors (Lipinski definition) is 2. The summed E-state index contributed by atoms with van der Waals surface area (Å²) in [5.41, 5.74) is 1.35. The van der Waals surface area contributed by atoms with E-state index in [2.05, 4.69) is 76.5 Å². The van der Waals surface area contributed by atoms with Crippen molar-refractivity contribution in [2.45, 2.75) is 39.7 Å². The lowest BCUT2D eigenvalue weighted by atomic mass is 10.2. The van der Waals surface area contributed by atoms with Gasteiger partial charge in [-0.2, -0.15) is 0 Å². The van der Waals surface area contributed by atoms with Crippen LogP contribution in [0.3, 0.4) is 0 Å². The number of benzene rings is 1. The van der Waals surface area contributed by atoms with Crippen LogP contribution in [0.5, 0.6) is 0 Å². The highest BCUT2D eigenvalue weighted by Gasteiger charge is 2.16. The van der Waals surface area contributed by atoms with Crippen molar-refractivity contribution >= 4 is 11.6 Å². The number of guanidine groups is 1. The monoisotopic (exact) mass is 345 g/mol. The van der Waals surface area contributed by atoms with E-state index in [4.69, 9.17) is 0 Å². The molecule has 0 unspecified atom stereocenters. The first kappa shape index (κ1) is 19.6. The zero-order valence-electron chi connectivity index (χ0n) is 16.2. The van der Waals surface area contributed by atoms with Gasteiger partial charge in [0.2, 0.25) is 0 Å². The first-order chi connectivity index (χ1) is 12.2. The van der Waals surface area contributed by atoms with E-state index < -0.39 is 0 Å². The molecule has 0 radical (unpaired) electrons. The fraction of sp³-hybridized carbons (Fsp3) is 0.650. The van der Waals surface area contributed by atoms with Crippen molar-refractivity contribution in [3.8, 4) is 0 Å². The average molecular weight is 346 g/mol. The molecule has 0 atom stereocenters. The van der Waals surface area contributed by atoms with Gasteiger partial charge in [0.15, 0.2) is 5.96 Å². The van der Waals surface area contributed by atoms with Crippen LogP contribution in [0.15, 0.2) is 35.3 Å². The highest BCUT2D eigenvalue weighted by atomic mass is 15.3. The predicted octanol–water partition coefficient (Wildman–Crippen LogP) is 2.55. The Morgan fingerprint density at radius 1 is 1.08 bits per heavy atom. The third-order valence-corrected chi connectivity index (χ3v) is 4.42. The van der Waals surface area contributed by atoms with Crippen LogP contribution in [-0.2, 0) is 0 Å². The normalized spacial score (nSPS) is 16.3. The van der Waals surface area contributed by atoms with Crippen LogP contribution >= 0.6 is 0 Å². The van der Waals surface area contributed by atoms with Gasteiger partial charge in [-0.15, -0.1) is 0 Å². The highest BCUT2D eigenvalue weighted by Crippen LogP contribution is 2.15. The summed E-state index contributed by atoms with van der Waals surface area (Å²) in [5, 5.41) is 6.66. The average Bonchev–Trinajstić information content (AvgIpc) is 2.62. The lowest BCUT2D eigenvalue weighted by Gasteiger charge is -2.36. The second kappa shape index (κ2) is 11.0. The van der Waals surface area contributed by atoms with Crippen molar-refractivity contribution in [2.75, 3.05) is 50.7 Å². The molecule has 0 aliphatic carbocycles. The summed E-state index contributed by atoms with van der Waals surface area (Å²) in [6.07, 6.45) is 2.36. The van der Waals surface area contributed by atoms with Gasteiger partial charge < -0.3 is 15.5 Å². The molecule has 0 spiro atoms. The van der Waals surface area contributed by atoms with E-state index in [9.17, 15) is 0 Å². The molecule has 2 rings (SSSR count). The molecule has 0 aromatic heterocycles. The number of anilines is 1. The number of nitrogens with one attached hydrogen (secondary N) is 2. The van der Waals surface area contributed by atoms with Gasteiger partial charge >= 0.3 is 0 Å². The lowest BCUT2D eigenvalue weighted by molar-refractivity contribution is 0.253. The van der Waals surface area contributed by atoms with Gasteiger partial charge in [0.25, 0.3) is 0 Å². The van der Waals surface area contributed by atoms with E-state index in [-0.39, 0.29) is 0 Å². The Kier molecular flexibility index (Phi) is 8.60. The maximum absolute atomic E-state index is 4.66. The number of rotatable bonds is 8. The number of aliphatic imine (C=N–C) groups is 1. The molecule has 5 nitrogen and oxygen atoms in total. The summed E-state index contributed by atoms with van der Waals surface area (Å²) < 4.78 is 0. The van der Waals surface area contributed by atoms with Crippen LogP contribution in [0.25, 0.3) is 0 Å². The Balaban J connectivity index is 1.61. The Labute approximate surface area is 153 Å². The molecule has 1 heterocycles. The Morgan fingerprint density at radius 3 is 2.44 bits per heavy atom. The van der Waals surface area contributed by atoms with Crippen LogP contribution in [0.2, 0.25) is 0 Å². The summed E-state index contributed by atoms with van der Waals surface area (Å²) in [5.74, 6) is 0.939. The quantitative estimate of drug-likeness (QED) is 0.432. The van der Waals surface area contributed by atoms with Gasteiger partial charge in [-0.25, -0.2) is 0 Å². The molecule has 1 aromatic carbocycles. The van der Waals surface area contributed by atoms with Gasteiger partial charge in [-0.05, 0) is 52.3 Å². The maximum Gasteiger partial charge on any atom is 0.191 e.